The summed E-state index contributed by atoms with van der Waals surface area (Å²) in [6.45, 7) is 7.37. The maximum absolute atomic E-state index is 12.3. The standard InChI is InChI=1S/C14H21NO2/c1-4-9-15(10-5-2)14(17)12-8-6-7-11(3)13(12)16/h6-8,16H,4-5,9-10H2,1-3H3. The molecule has 94 valence electrons. The topological polar surface area (TPSA) is 40.5 Å². The monoisotopic (exact) mass is 235 g/mol. The Morgan fingerprint density at radius 3 is 2.35 bits per heavy atom. The van der Waals surface area contributed by atoms with Gasteiger partial charge in [-0.1, -0.05) is 26.0 Å². The van der Waals surface area contributed by atoms with E-state index in [1.165, 1.54) is 0 Å². The molecule has 0 fully saturated rings. The third kappa shape index (κ3) is 3.22. The fraction of sp³-hybridized carbons (Fsp3) is 0.500. The number of hydrogen-bond acceptors (Lipinski definition) is 2. The molecule has 0 aliphatic heterocycles. The normalized spacial score (nSPS) is 10.3. The molecule has 1 rings (SSSR count). The van der Waals surface area contributed by atoms with Gasteiger partial charge in [-0.25, -0.2) is 0 Å². The van der Waals surface area contributed by atoms with E-state index in [4.69, 9.17) is 0 Å². The average Bonchev–Trinajstić information content (AvgIpc) is 2.31. The number of aromatic hydroxyl groups is 1. The highest BCUT2D eigenvalue weighted by Crippen LogP contribution is 2.23. The van der Waals surface area contributed by atoms with Gasteiger partial charge in [-0.3, -0.25) is 4.79 Å². The molecule has 0 aliphatic carbocycles. The summed E-state index contributed by atoms with van der Waals surface area (Å²) >= 11 is 0. The number of nitrogens with zero attached hydrogens (tertiary/aromatic N) is 1. The van der Waals surface area contributed by atoms with Crippen molar-refractivity contribution in [3.8, 4) is 5.75 Å². The van der Waals surface area contributed by atoms with Crippen LogP contribution in [-0.4, -0.2) is 29.0 Å². The molecule has 1 aromatic carbocycles. The first-order chi connectivity index (χ1) is 8.11. The number of amides is 1. The van der Waals surface area contributed by atoms with Crippen molar-refractivity contribution in [1.82, 2.24) is 4.90 Å². The van der Waals surface area contributed by atoms with Crippen molar-refractivity contribution in [2.24, 2.45) is 0 Å². The smallest absolute Gasteiger partial charge is 0.257 e. The third-order valence-corrected chi connectivity index (χ3v) is 2.74. The third-order valence-electron chi connectivity index (χ3n) is 2.74. The summed E-state index contributed by atoms with van der Waals surface area (Å²) < 4.78 is 0. The Kier molecular flexibility index (Phi) is 5.01. The molecule has 0 saturated heterocycles. The van der Waals surface area contributed by atoms with Crippen molar-refractivity contribution >= 4 is 5.91 Å². The second-order valence-corrected chi connectivity index (χ2v) is 4.26. The molecule has 1 aromatic rings. The van der Waals surface area contributed by atoms with Crippen LogP contribution in [0.3, 0.4) is 0 Å². The molecule has 0 heterocycles. The van der Waals surface area contributed by atoms with Crippen molar-refractivity contribution in [2.45, 2.75) is 33.6 Å². The first kappa shape index (κ1) is 13.6. The number of benzene rings is 1. The van der Waals surface area contributed by atoms with E-state index in [0.29, 0.717) is 5.56 Å². The summed E-state index contributed by atoms with van der Waals surface area (Å²) in [6.07, 6.45) is 1.86. The molecule has 0 spiro atoms. The largest absolute Gasteiger partial charge is 0.507 e. The van der Waals surface area contributed by atoms with Crippen LogP contribution < -0.4 is 0 Å². The Morgan fingerprint density at radius 1 is 1.24 bits per heavy atom. The number of carbonyl (C=O) groups excluding carboxylic acids is 1. The van der Waals surface area contributed by atoms with Crippen molar-refractivity contribution in [3.63, 3.8) is 0 Å². The van der Waals surface area contributed by atoms with E-state index >= 15 is 0 Å². The van der Waals surface area contributed by atoms with Gasteiger partial charge in [0, 0.05) is 13.1 Å². The molecule has 1 amide bonds. The van der Waals surface area contributed by atoms with E-state index in [1.807, 2.05) is 13.8 Å². The Balaban J connectivity index is 2.96. The fourth-order valence-corrected chi connectivity index (χ4v) is 1.86. The predicted octanol–water partition coefficient (Wildman–Crippen LogP) is 2.96. The minimum atomic E-state index is -0.0742. The van der Waals surface area contributed by atoms with Gasteiger partial charge in [-0.2, -0.15) is 0 Å². The Labute approximate surface area is 103 Å². The number of phenols is 1. The first-order valence-electron chi connectivity index (χ1n) is 6.19. The molecule has 0 atom stereocenters. The fourth-order valence-electron chi connectivity index (χ4n) is 1.86. The summed E-state index contributed by atoms with van der Waals surface area (Å²) in [4.78, 5) is 14.1. The van der Waals surface area contributed by atoms with Crippen LogP contribution >= 0.6 is 0 Å². The summed E-state index contributed by atoms with van der Waals surface area (Å²) in [5, 5.41) is 9.91. The van der Waals surface area contributed by atoms with E-state index in [1.54, 1.807) is 30.0 Å². The maximum atomic E-state index is 12.3. The molecule has 1 N–H and O–H groups in total. The Morgan fingerprint density at radius 2 is 1.82 bits per heavy atom. The van der Waals surface area contributed by atoms with Crippen LogP contribution in [0, 0.1) is 6.92 Å². The lowest BCUT2D eigenvalue weighted by Crippen LogP contribution is -2.32. The Hall–Kier alpha value is -1.51. The van der Waals surface area contributed by atoms with E-state index in [9.17, 15) is 9.90 Å². The molecular formula is C14H21NO2. The van der Waals surface area contributed by atoms with Gasteiger partial charge < -0.3 is 10.0 Å². The van der Waals surface area contributed by atoms with Crippen LogP contribution in [0.25, 0.3) is 0 Å². The van der Waals surface area contributed by atoms with Crippen LogP contribution in [0.5, 0.6) is 5.75 Å². The molecule has 0 bridgehead atoms. The number of phenolic OH excluding ortho intramolecular Hbond substituents is 1. The second-order valence-electron chi connectivity index (χ2n) is 4.26. The molecule has 3 nitrogen and oxygen atoms in total. The summed E-state index contributed by atoms with van der Waals surface area (Å²) in [5.41, 5.74) is 1.15. The van der Waals surface area contributed by atoms with Crippen molar-refractivity contribution in [3.05, 3.63) is 29.3 Å². The molecule has 3 heteroatoms. The summed E-state index contributed by atoms with van der Waals surface area (Å²) in [6, 6.07) is 5.29. The lowest BCUT2D eigenvalue weighted by atomic mass is 10.1. The van der Waals surface area contributed by atoms with E-state index in [-0.39, 0.29) is 11.7 Å². The minimum Gasteiger partial charge on any atom is -0.507 e. The van der Waals surface area contributed by atoms with Crippen LogP contribution in [0.15, 0.2) is 18.2 Å². The lowest BCUT2D eigenvalue weighted by Gasteiger charge is -2.22. The van der Waals surface area contributed by atoms with Crippen LogP contribution in [0.4, 0.5) is 0 Å². The van der Waals surface area contributed by atoms with Crippen LogP contribution in [-0.2, 0) is 0 Å². The van der Waals surface area contributed by atoms with E-state index < -0.39 is 0 Å². The van der Waals surface area contributed by atoms with Crippen LogP contribution in [0.2, 0.25) is 0 Å². The number of carbonyl (C=O) groups is 1. The van der Waals surface area contributed by atoms with Gasteiger partial charge in [0.2, 0.25) is 0 Å². The highest BCUT2D eigenvalue weighted by molar-refractivity contribution is 5.97. The summed E-state index contributed by atoms with van der Waals surface area (Å²) in [5.74, 6) is 0.0320. The van der Waals surface area contributed by atoms with Gasteiger partial charge in [0.05, 0.1) is 5.56 Å². The average molecular weight is 235 g/mol. The molecule has 0 aromatic heterocycles. The minimum absolute atomic E-state index is 0.0742. The van der Waals surface area contributed by atoms with Gasteiger partial charge in [-0.05, 0) is 31.4 Å². The van der Waals surface area contributed by atoms with E-state index in [2.05, 4.69) is 0 Å². The lowest BCUT2D eigenvalue weighted by molar-refractivity contribution is 0.0752. The zero-order valence-electron chi connectivity index (χ0n) is 10.9. The number of hydrogen-bond donors (Lipinski definition) is 1. The zero-order chi connectivity index (χ0) is 12.8. The van der Waals surface area contributed by atoms with Gasteiger partial charge in [0.1, 0.15) is 5.75 Å². The van der Waals surface area contributed by atoms with Crippen LogP contribution in [0.1, 0.15) is 42.6 Å². The van der Waals surface area contributed by atoms with Gasteiger partial charge in [-0.15, -0.1) is 0 Å². The highest BCUT2D eigenvalue weighted by Gasteiger charge is 2.18. The SMILES string of the molecule is CCCN(CCC)C(=O)c1cccc(C)c1O. The highest BCUT2D eigenvalue weighted by atomic mass is 16.3. The number of aryl methyl sites for hydroxylation is 1. The quantitative estimate of drug-likeness (QED) is 0.852. The van der Waals surface area contributed by atoms with Gasteiger partial charge >= 0.3 is 0 Å². The molecule has 17 heavy (non-hydrogen) atoms. The van der Waals surface area contributed by atoms with Gasteiger partial charge in [0.15, 0.2) is 0 Å². The Bertz CT molecular complexity index is 382. The van der Waals surface area contributed by atoms with Crippen molar-refractivity contribution < 1.29 is 9.90 Å². The molecule has 0 saturated carbocycles. The molecular weight excluding hydrogens is 214 g/mol. The van der Waals surface area contributed by atoms with Crippen molar-refractivity contribution in [1.29, 1.82) is 0 Å². The first-order valence-corrected chi connectivity index (χ1v) is 6.19. The second kappa shape index (κ2) is 6.28. The number of para-hydroxylation sites is 1. The van der Waals surface area contributed by atoms with Gasteiger partial charge in [0.25, 0.3) is 5.91 Å². The van der Waals surface area contributed by atoms with Crippen molar-refractivity contribution in [2.75, 3.05) is 13.1 Å². The van der Waals surface area contributed by atoms with E-state index in [0.717, 1.165) is 31.5 Å². The zero-order valence-corrected chi connectivity index (χ0v) is 10.9. The molecule has 0 radical (unpaired) electrons. The summed E-state index contributed by atoms with van der Waals surface area (Å²) in [7, 11) is 0. The maximum Gasteiger partial charge on any atom is 0.257 e. The molecule has 0 unspecified atom stereocenters. The predicted molar refractivity (Wildman–Crippen MR) is 69.3 cm³/mol. The number of rotatable bonds is 5. The molecule has 0 aliphatic rings.